The van der Waals surface area contributed by atoms with Crippen LogP contribution in [-0.2, 0) is 6.54 Å². The largest absolute Gasteiger partial charge is 0.326 e. The van der Waals surface area contributed by atoms with E-state index in [-0.39, 0.29) is 6.03 Å². The monoisotopic (exact) mass is 218 g/mol. The topological polar surface area (TPSA) is 23.6 Å². The SMILES string of the molecule is Cc1ccc(CN2CCN(C)C2=O)c(C)c1. The lowest BCUT2D eigenvalue weighted by Gasteiger charge is -2.17. The molecule has 1 aromatic carbocycles. The van der Waals surface area contributed by atoms with Crippen molar-refractivity contribution in [3.63, 3.8) is 0 Å². The summed E-state index contributed by atoms with van der Waals surface area (Å²) in [5.74, 6) is 0. The van der Waals surface area contributed by atoms with Gasteiger partial charge in [0.15, 0.2) is 0 Å². The van der Waals surface area contributed by atoms with E-state index in [1.807, 2.05) is 11.9 Å². The first-order chi connectivity index (χ1) is 7.58. The molecule has 0 aliphatic carbocycles. The molecule has 0 bridgehead atoms. The van der Waals surface area contributed by atoms with Crippen LogP contribution < -0.4 is 0 Å². The van der Waals surface area contributed by atoms with Crippen molar-refractivity contribution >= 4 is 6.03 Å². The second-order valence-electron chi connectivity index (χ2n) is 4.56. The highest BCUT2D eigenvalue weighted by Crippen LogP contribution is 2.16. The number of hydrogen-bond acceptors (Lipinski definition) is 1. The third kappa shape index (κ3) is 2.03. The summed E-state index contributed by atoms with van der Waals surface area (Å²) >= 11 is 0. The number of carbonyl (C=O) groups is 1. The fourth-order valence-corrected chi connectivity index (χ4v) is 2.08. The molecule has 3 nitrogen and oxygen atoms in total. The zero-order valence-electron chi connectivity index (χ0n) is 10.2. The van der Waals surface area contributed by atoms with E-state index in [2.05, 4.69) is 32.0 Å². The normalized spacial score (nSPS) is 16.1. The lowest BCUT2D eigenvalue weighted by atomic mass is 10.1. The zero-order valence-corrected chi connectivity index (χ0v) is 10.2. The highest BCUT2D eigenvalue weighted by Gasteiger charge is 2.25. The van der Waals surface area contributed by atoms with Crippen LogP contribution >= 0.6 is 0 Å². The molecule has 0 radical (unpaired) electrons. The summed E-state index contributed by atoms with van der Waals surface area (Å²) in [6.07, 6.45) is 0. The van der Waals surface area contributed by atoms with E-state index in [9.17, 15) is 4.79 Å². The summed E-state index contributed by atoms with van der Waals surface area (Å²) in [6.45, 7) is 6.60. The Morgan fingerprint density at radius 1 is 1.25 bits per heavy atom. The molecule has 1 aliphatic heterocycles. The molecular formula is C13H18N2O. The van der Waals surface area contributed by atoms with Gasteiger partial charge in [-0.25, -0.2) is 4.79 Å². The van der Waals surface area contributed by atoms with E-state index in [1.54, 1.807) is 4.90 Å². The lowest BCUT2D eigenvalue weighted by Crippen LogP contribution is -2.29. The molecule has 1 saturated heterocycles. The maximum Gasteiger partial charge on any atom is 0.320 e. The van der Waals surface area contributed by atoms with Gasteiger partial charge in [-0.1, -0.05) is 23.8 Å². The van der Waals surface area contributed by atoms with Crippen molar-refractivity contribution in [3.05, 3.63) is 34.9 Å². The lowest BCUT2D eigenvalue weighted by molar-refractivity contribution is 0.197. The van der Waals surface area contributed by atoms with E-state index in [0.29, 0.717) is 0 Å². The van der Waals surface area contributed by atoms with Crippen molar-refractivity contribution in [2.45, 2.75) is 20.4 Å². The summed E-state index contributed by atoms with van der Waals surface area (Å²) in [4.78, 5) is 15.4. The van der Waals surface area contributed by atoms with Gasteiger partial charge in [0.1, 0.15) is 0 Å². The summed E-state index contributed by atoms with van der Waals surface area (Å²) in [7, 11) is 1.85. The second-order valence-corrected chi connectivity index (χ2v) is 4.56. The number of aryl methyl sites for hydroxylation is 2. The minimum atomic E-state index is 0.139. The maximum absolute atomic E-state index is 11.7. The van der Waals surface area contributed by atoms with E-state index in [0.717, 1.165) is 19.6 Å². The average Bonchev–Trinajstić information content (AvgIpc) is 2.54. The minimum absolute atomic E-state index is 0.139. The molecule has 1 aliphatic rings. The number of likely N-dealkylation sites (N-methyl/N-ethyl adjacent to an activating group) is 1. The predicted molar refractivity (Wildman–Crippen MR) is 64.4 cm³/mol. The number of hydrogen-bond donors (Lipinski definition) is 0. The Kier molecular flexibility index (Phi) is 2.86. The third-order valence-corrected chi connectivity index (χ3v) is 3.16. The van der Waals surface area contributed by atoms with Crippen molar-refractivity contribution in [2.24, 2.45) is 0 Å². The van der Waals surface area contributed by atoms with Crippen molar-refractivity contribution in [1.82, 2.24) is 9.80 Å². The number of nitrogens with zero attached hydrogens (tertiary/aromatic N) is 2. The number of benzene rings is 1. The van der Waals surface area contributed by atoms with Crippen LogP contribution in [0.4, 0.5) is 4.79 Å². The van der Waals surface area contributed by atoms with Gasteiger partial charge in [-0.3, -0.25) is 0 Å². The Morgan fingerprint density at radius 3 is 2.56 bits per heavy atom. The highest BCUT2D eigenvalue weighted by molar-refractivity contribution is 5.76. The maximum atomic E-state index is 11.7. The number of urea groups is 1. The first-order valence-electron chi connectivity index (χ1n) is 5.64. The zero-order chi connectivity index (χ0) is 11.7. The molecule has 0 saturated carbocycles. The Hall–Kier alpha value is -1.51. The molecule has 1 aromatic rings. The van der Waals surface area contributed by atoms with Crippen LogP contribution in [0.2, 0.25) is 0 Å². The molecule has 1 fully saturated rings. The fourth-order valence-electron chi connectivity index (χ4n) is 2.08. The number of carbonyl (C=O) groups excluding carboxylic acids is 1. The van der Waals surface area contributed by atoms with Crippen molar-refractivity contribution in [1.29, 1.82) is 0 Å². The second kappa shape index (κ2) is 4.16. The molecule has 3 heteroatoms. The molecule has 0 spiro atoms. The first-order valence-corrected chi connectivity index (χ1v) is 5.64. The fraction of sp³-hybridized carbons (Fsp3) is 0.462. The Labute approximate surface area is 96.7 Å². The standard InChI is InChI=1S/C13H18N2O/c1-10-4-5-12(11(2)8-10)9-15-7-6-14(3)13(15)16/h4-5,8H,6-7,9H2,1-3H3. The Bertz CT molecular complexity index is 414. The molecule has 2 amide bonds. The third-order valence-electron chi connectivity index (χ3n) is 3.16. The van der Waals surface area contributed by atoms with Crippen molar-refractivity contribution < 1.29 is 4.79 Å². The molecule has 86 valence electrons. The summed E-state index contributed by atoms with van der Waals surface area (Å²) < 4.78 is 0. The van der Waals surface area contributed by atoms with E-state index < -0.39 is 0 Å². The van der Waals surface area contributed by atoms with Gasteiger partial charge in [-0.05, 0) is 25.0 Å². The van der Waals surface area contributed by atoms with Crippen LogP contribution in [0.25, 0.3) is 0 Å². The van der Waals surface area contributed by atoms with Crippen LogP contribution in [0.15, 0.2) is 18.2 Å². The molecule has 0 unspecified atom stereocenters. The molecule has 0 N–H and O–H groups in total. The quantitative estimate of drug-likeness (QED) is 0.746. The number of amides is 2. The molecule has 0 aromatic heterocycles. The van der Waals surface area contributed by atoms with Crippen LogP contribution in [0.3, 0.4) is 0 Å². The van der Waals surface area contributed by atoms with Gasteiger partial charge in [-0.15, -0.1) is 0 Å². The van der Waals surface area contributed by atoms with Gasteiger partial charge in [-0.2, -0.15) is 0 Å². The van der Waals surface area contributed by atoms with E-state index >= 15 is 0 Å². The molecule has 1 heterocycles. The van der Waals surface area contributed by atoms with E-state index in [1.165, 1.54) is 16.7 Å². The number of rotatable bonds is 2. The van der Waals surface area contributed by atoms with Gasteiger partial charge in [0.2, 0.25) is 0 Å². The molecule has 16 heavy (non-hydrogen) atoms. The van der Waals surface area contributed by atoms with Gasteiger partial charge in [0.25, 0.3) is 0 Å². The van der Waals surface area contributed by atoms with E-state index in [4.69, 9.17) is 0 Å². The average molecular weight is 218 g/mol. The summed E-state index contributed by atoms with van der Waals surface area (Å²) in [5, 5.41) is 0. The van der Waals surface area contributed by atoms with Gasteiger partial charge in [0.05, 0.1) is 0 Å². The first kappa shape index (κ1) is 11.0. The van der Waals surface area contributed by atoms with Crippen molar-refractivity contribution in [3.8, 4) is 0 Å². The highest BCUT2D eigenvalue weighted by atomic mass is 16.2. The molecule has 0 atom stereocenters. The summed E-state index contributed by atoms with van der Waals surface area (Å²) in [6, 6.07) is 6.53. The van der Waals surface area contributed by atoms with Crippen LogP contribution in [0.1, 0.15) is 16.7 Å². The predicted octanol–water partition coefficient (Wildman–Crippen LogP) is 2.17. The van der Waals surface area contributed by atoms with Crippen LogP contribution in [-0.4, -0.2) is 36.0 Å². The van der Waals surface area contributed by atoms with Gasteiger partial charge in [0, 0.05) is 26.7 Å². The van der Waals surface area contributed by atoms with Crippen LogP contribution in [0.5, 0.6) is 0 Å². The van der Waals surface area contributed by atoms with Gasteiger partial charge >= 0.3 is 6.03 Å². The van der Waals surface area contributed by atoms with Crippen molar-refractivity contribution in [2.75, 3.05) is 20.1 Å². The molecular weight excluding hydrogens is 200 g/mol. The molecule has 2 rings (SSSR count). The van der Waals surface area contributed by atoms with Crippen LogP contribution in [0, 0.1) is 13.8 Å². The smallest absolute Gasteiger partial charge is 0.320 e. The van der Waals surface area contributed by atoms with Gasteiger partial charge < -0.3 is 9.80 Å². The summed E-state index contributed by atoms with van der Waals surface area (Å²) in [5.41, 5.74) is 3.78. The minimum Gasteiger partial charge on any atom is -0.326 e. The Morgan fingerprint density at radius 2 is 2.00 bits per heavy atom. The Balaban J connectivity index is 2.12.